The summed E-state index contributed by atoms with van der Waals surface area (Å²) in [5.74, 6) is 0.190. The summed E-state index contributed by atoms with van der Waals surface area (Å²) in [7, 11) is 3.78. The maximum absolute atomic E-state index is 13.9. The lowest BCUT2D eigenvalue weighted by molar-refractivity contribution is -0.123. The lowest BCUT2D eigenvalue weighted by Crippen LogP contribution is -2.58. The molecule has 1 heterocycles. The molecular formula is C26H32ClN3O2. The maximum Gasteiger partial charge on any atom is 0.255 e. The Balaban J connectivity index is 1.74. The summed E-state index contributed by atoms with van der Waals surface area (Å²) < 4.78 is 0. The van der Waals surface area contributed by atoms with Gasteiger partial charge in [0.05, 0.1) is 18.6 Å². The molecule has 2 amide bonds. The zero-order valence-corrected chi connectivity index (χ0v) is 19.8. The third-order valence-electron chi connectivity index (χ3n) is 6.79. The monoisotopic (exact) mass is 453 g/mol. The van der Waals surface area contributed by atoms with E-state index in [1.165, 1.54) is 0 Å². The number of hydrogen-bond acceptors (Lipinski definition) is 3. The Hall–Kier alpha value is -2.37. The molecule has 2 aromatic rings. The molecule has 1 fully saturated rings. The summed E-state index contributed by atoms with van der Waals surface area (Å²) in [5.41, 5.74) is 2.93. The molecule has 1 saturated carbocycles. The molecule has 5 nitrogen and oxygen atoms in total. The summed E-state index contributed by atoms with van der Waals surface area (Å²) >= 11 is 6.17. The Morgan fingerprint density at radius 2 is 1.78 bits per heavy atom. The van der Waals surface area contributed by atoms with Crippen LogP contribution in [-0.2, 0) is 4.79 Å². The lowest BCUT2D eigenvalue weighted by Gasteiger charge is -2.49. The number of fused-ring (bicyclic) bond motifs is 1. The van der Waals surface area contributed by atoms with Crippen molar-refractivity contribution in [3.05, 3.63) is 70.2 Å². The largest absolute Gasteiger partial charge is 0.350 e. The minimum absolute atomic E-state index is 0.00727. The van der Waals surface area contributed by atoms with E-state index in [0.29, 0.717) is 11.6 Å². The molecule has 0 unspecified atom stereocenters. The first-order valence-corrected chi connectivity index (χ1v) is 11.9. The van der Waals surface area contributed by atoms with Gasteiger partial charge in [0.15, 0.2) is 0 Å². The number of rotatable bonds is 5. The number of carbonyl (C=O) groups is 2. The van der Waals surface area contributed by atoms with Crippen LogP contribution in [0.1, 0.15) is 66.1 Å². The van der Waals surface area contributed by atoms with Crippen LogP contribution in [0.25, 0.3) is 0 Å². The Kier molecular flexibility index (Phi) is 6.87. The summed E-state index contributed by atoms with van der Waals surface area (Å²) in [6.07, 6.45) is 3.88. The van der Waals surface area contributed by atoms with Crippen LogP contribution in [0.5, 0.6) is 0 Å². The fraction of sp³-hybridized carbons (Fsp3) is 0.462. The van der Waals surface area contributed by atoms with Crippen LogP contribution in [-0.4, -0.2) is 54.3 Å². The van der Waals surface area contributed by atoms with Crippen LogP contribution >= 0.6 is 11.6 Å². The third-order valence-corrected chi connectivity index (χ3v) is 7.05. The van der Waals surface area contributed by atoms with Crippen molar-refractivity contribution in [2.24, 2.45) is 0 Å². The quantitative estimate of drug-likeness (QED) is 0.718. The molecule has 2 aliphatic rings. The van der Waals surface area contributed by atoms with Crippen molar-refractivity contribution in [3.63, 3.8) is 0 Å². The van der Waals surface area contributed by atoms with Crippen molar-refractivity contribution >= 4 is 23.4 Å². The van der Waals surface area contributed by atoms with Gasteiger partial charge in [-0.15, -0.1) is 0 Å². The Bertz CT molecular complexity index is 975. The van der Waals surface area contributed by atoms with Gasteiger partial charge in [-0.05, 0) is 56.3 Å². The van der Waals surface area contributed by atoms with Crippen LogP contribution in [0.15, 0.2) is 48.5 Å². The van der Waals surface area contributed by atoms with Crippen molar-refractivity contribution in [2.45, 2.75) is 56.7 Å². The highest BCUT2D eigenvalue weighted by Crippen LogP contribution is 2.45. The Morgan fingerprint density at radius 3 is 2.50 bits per heavy atom. The van der Waals surface area contributed by atoms with Crippen molar-refractivity contribution in [1.82, 2.24) is 15.1 Å². The third kappa shape index (κ3) is 4.55. The number of benzene rings is 2. The van der Waals surface area contributed by atoms with E-state index in [9.17, 15) is 9.59 Å². The molecule has 32 heavy (non-hydrogen) atoms. The molecule has 0 bridgehead atoms. The van der Waals surface area contributed by atoms with E-state index in [1.807, 2.05) is 61.5 Å². The van der Waals surface area contributed by atoms with Gasteiger partial charge in [-0.2, -0.15) is 0 Å². The maximum atomic E-state index is 13.9. The minimum atomic E-state index is -0.106. The van der Waals surface area contributed by atoms with Crippen molar-refractivity contribution in [2.75, 3.05) is 20.6 Å². The second-order valence-corrected chi connectivity index (χ2v) is 9.78. The predicted molar refractivity (Wildman–Crippen MR) is 128 cm³/mol. The smallest absolute Gasteiger partial charge is 0.255 e. The van der Waals surface area contributed by atoms with Crippen LogP contribution in [0, 0.1) is 0 Å². The normalized spacial score (nSPS) is 25.5. The molecule has 6 heteroatoms. The van der Waals surface area contributed by atoms with E-state index in [4.69, 9.17) is 11.6 Å². The molecule has 4 atom stereocenters. The van der Waals surface area contributed by atoms with Crippen LogP contribution in [0.4, 0.5) is 0 Å². The summed E-state index contributed by atoms with van der Waals surface area (Å²) in [4.78, 5) is 30.4. The highest BCUT2D eigenvalue weighted by molar-refractivity contribution is 6.30. The molecule has 1 N–H and O–H groups in total. The first-order valence-electron chi connectivity index (χ1n) is 11.5. The molecular weight excluding hydrogens is 422 g/mol. The van der Waals surface area contributed by atoms with Crippen LogP contribution in [0.2, 0.25) is 5.02 Å². The number of nitrogens with zero attached hydrogens (tertiary/aromatic N) is 2. The highest BCUT2D eigenvalue weighted by Gasteiger charge is 2.44. The van der Waals surface area contributed by atoms with Crippen molar-refractivity contribution in [3.8, 4) is 0 Å². The number of halogens is 1. The minimum Gasteiger partial charge on any atom is -0.350 e. The molecule has 0 saturated heterocycles. The van der Waals surface area contributed by atoms with Gasteiger partial charge in [0.1, 0.15) is 0 Å². The van der Waals surface area contributed by atoms with Gasteiger partial charge in [0.2, 0.25) is 5.91 Å². The Morgan fingerprint density at radius 1 is 1.09 bits per heavy atom. The van der Waals surface area contributed by atoms with E-state index >= 15 is 0 Å². The lowest BCUT2D eigenvalue weighted by atomic mass is 9.77. The number of hydrogen-bond donors (Lipinski definition) is 1. The van der Waals surface area contributed by atoms with Gasteiger partial charge in [-0.1, -0.05) is 61.7 Å². The zero-order chi connectivity index (χ0) is 22.8. The van der Waals surface area contributed by atoms with Crippen LogP contribution in [0.3, 0.4) is 0 Å². The number of amides is 2. The first-order chi connectivity index (χ1) is 15.4. The van der Waals surface area contributed by atoms with Gasteiger partial charge in [-0.3, -0.25) is 9.59 Å². The van der Waals surface area contributed by atoms with E-state index in [1.54, 1.807) is 0 Å². The van der Waals surface area contributed by atoms with Gasteiger partial charge in [0, 0.05) is 22.5 Å². The zero-order valence-electron chi connectivity index (χ0n) is 19.1. The Labute approximate surface area is 195 Å². The van der Waals surface area contributed by atoms with Gasteiger partial charge in [-0.25, -0.2) is 0 Å². The van der Waals surface area contributed by atoms with E-state index < -0.39 is 0 Å². The summed E-state index contributed by atoms with van der Waals surface area (Å²) in [6.45, 7) is 2.54. The topological polar surface area (TPSA) is 52.7 Å². The van der Waals surface area contributed by atoms with E-state index in [-0.39, 0.29) is 35.9 Å². The molecule has 4 rings (SSSR count). The standard InChI is InChI=1S/C26H32ClN3O2/c1-17-20-8-4-5-9-21(20)26(32)30(25(17)18-12-14-19(27)15-13-18)23-11-7-6-10-22(23)28-24(31)16-29(2)3/h4-5,8-9,12-15,17,22-23,25H,6-7,10-11,16H2,1-3H3,(H,28,31)/t17-,22+,23+,25-/m1/s1. The fourth-order valence-corrected chi connectivity index (χ4v) is 5.51. The van der Waals surface area contributed by atoms with Crippen molar-refractivity contribution < 1.29 is 9.59 Å². The highest BCUT2D eigenvalue weighted by atomic mass is 35.5. The molecule has 2 aromatic carbocycles. The molecule has 0 aromatic heterocycles. The molecule has 1 aliphatic carbocycles. The number of nitrogens with one attached hydrogen (secondary N) is 1. The summed E-state index contributed by atoms with van der Waals surface area (Å²) in [5, 5.41) is 3.92. The average Bonchev–Trinajstić information content (AvgIpc) is 2.77. The molecule has 0 spiro atoms. The van der Waals surface area contributed by atoms with Gasteiger partial charge in [0.25, 0.3) is 5.91 Å². The number of carbonyl (C=O) groups excluding carboxylic acids is 2. The van der Waals surface area contributed by atoms with Crippen LogP contribution < -0.4 is 5.32 Å². The molecule has 0 radical (unpaired) electrons. The second-order valence-electron chi connectivity index (χ2n) is 9.35. The van der Waals surface area contributed by atoms with Crippen molar-refractivity contribution in [1.29, 1.82) is 0 Å². The SMILES string of the molecule is C[C@@H]1c2ccccc2C(=O)N([C@H]2CCCC[C@@H]2NC(=O)CN(C)C)[C@H]1c1ccc(Cl)cc1. The predicted octanol–water partition coefficient (Wildman–Crippen LogP) is 4.63. The first kappa shape index (κ1) is 22.8. The summed E-state index contributed by atoms with van der Waals surface area (Å²) in [6, 6.07) is 15.6. The molecule has 1 aliphatic heterocycles. The molecule has 170 valence electrons. The second kappa shape index (κ2) is 9.63. The van der Waals surface area contributed by atoms with E-state index in [0.717, 1.165) is 42.4 Å². The fourth-order valence-electron chi connectivity index (χ4n) is 5.38. The average molecular weight is 454 g/mol. The van der Waals surface area contributed by atoms with E-state index in [2.05, 4.69) is 23.2 Å². The number of likely N-dealkylation sites (N-methyl/N-ethyl adjacent to an activating group) is 1. The van der Waals surface area contributed by atoms with Gasteiger partial charge < -0.3 is 15.1 Å². The van der Waals surface area contributed by atoms with Gasteiger partial charge >= 0.3 is 0 Å².